The van der Waals surface area contributed by atoms with E-state index in [0.717, 1.165) is 30.6 Å². The smallest absolute Gasteiger partial charge is 0.155 e. The minimum atomic E-state index is 0.346. The van der Waals surface area contributed by atoms with Crippen molar-refractivity contribution in [2.24, 2.45) is 23.2 Å². The van der Waals surface area contributed by atoms with Crippen molar-refractivity contribution in [2.45, 2.75) is 65.2 Å². The fraction of sp³-hybridized carbons (Fsp3) is 0.737. The molecule has 0 aromatic rings. The molecule has 0 unspecified atom stereocenters. The van der Waals surface area contributed by atoms with Crippen molar-refractivity contribution in [2.75, 3.05) is 0 Å². The summed E-state index contributed by atoms with van der Waals surface area (Å²) >= 11 is 0. The average molecular weight is 270 g/mol. The van der Waals surface area contributed by atoms with Gasteiger partial charge in [-0.25, -0.2) is 0 Å². The third-order valence-corrected chi connectivity index (χ3v) is 7.11. The molecule has 0 N–H and O–H groups in total. The van der Waals surface area contributed by atoms with Crippen LogP contribution < -0.4 is 0 Å². The molecule has 1 heteroatoms. The Morgan fingerprint density at radius 3 is 2.80 bits per heavy atom. The molecule has 108 valence electrons. The van der Waals surface area contributed by atoms with Crippen LogP contribution in [0.25, 0.3) is 0 Å². The van der Waals surface area contributed by atoms with Crippen molar-refractivity contribution in [3.05, 3.63) is 22.8 Å². The molecule has 0 amide bonds. The molecular formula is C19H26O. The maximum absolute atomic E-state index is 11.8. The molecule has 0 heterocycles. The van der Waals surface area contributed by atoms with Crippen LogP contribution in [0.2, 0.25) is 0 Å². The van der Waals surface area contributed by atoms with Crippen molar-refractivity contribution in [3.63, 3.8) is 0 Å². The summed E-state index contributed by atoms with van der Waals surface area (Å²) in [6, 6.07) is 0. The maximum atomic E-state index is 11.8. The molecule has 0 saturated heterocycles. The largest absolute Gasteiger partial charge is 0.295 e. The lowest BCUT2D eigenvalue weighted by atomic mass is 9.50. The van der Waals surface area contributed by atoms with Gasteiger partial charge in [-0.05, 0) is 81.1 Å². The van der Waals surface area contributed by atoms with E-state index in [2.05, 4.69) is 13.8 Å². The molecule has 2 fully saturated rings. The van der Waals surface area contributed by atoms with Gasteiger partial charge in [-0.3, -0.25) is 4.79 Å². The summed E-state index contributed by atoms with van der Waals surface area (Å²) in [5, 5.41) is 0. The zero-order valence-electron chi connectivity index (χ0n) is 12.9. The van der Waals surface area contributed by atoms with Gasteiger partial charge < -0.3 is 0 Å². The van der Waals surface area contributed by atoms with Crippen molar-refractivity contribution in [3.8, 4) is 0 Å². The lowest BCUT2D eigenvalue weighted by Gasteiger charge is -2.54. The van der Waals surface area contributed by atoms with E-state index >= 15 is 0 Å². The summed E-state index contributed by atoms with van der Waals surface area (Å²) in [6.45, 7) is 4.84. The molecule has 1 nitrogen and oxygen atoms in total. The molecule has 20 heavy (non-hydrogen) atoms. The Bertz CT molecular complexity index is 524. The first-order chi connectivity index (χ1) is 9.59. The van der Waals surface area contributed by atoms with Crippen molar-refractivity contribution >= 4 is 5.78 Å². The van der Waals surface area contributed by atoms with Gasteiger partial charge in [-0.15, -0.1) is 0 Å². The van der Waals surface area contributed by atoms with Crippen LogP contribution in [0.1, 0.15) is 65.2 Å². The predicted molar refractivity (Wildman–Crippen MR) is 81.3 cm³/mol. The first-order valence-corrected chi connectivity index (χ1v) is 8.52. The van der Waals surface area contributed by atoms with Crippen LogP contribution >= 0.6 is 0 Å². The molecule has 4 rings (SSSR count). The molecule has 0 bridgehead atoms. The number of carbonyl (C=O) groups excluding carboxylic acids is 1. The van der Waals surface area contributed by atoms with Gasteiger partial charge in [0.1, 0.15) is 0 Å². The summed E-state index contributed by atoms with van der Waals surface area (Å²) in [4.78, 5) is 11.8. The monoisotopic (exact) mass is 270 g/mol. The topological polar surface area (TPSA) is 17.1 Å². The quantitative estimate of drug-likeness (QED) is 0.576. The van der Waals surface area contributed by atoms with Crippen LogP contribution in [0.3, 0.4) is 0 Å². The number of hydrogen-bond acceptors (Lipinski definition) is 1. The van der Waals surface area contributed by atoms with E-state index in [-0.39, 0.29) is 0 Å². The Hall–Kier alpha value is -0.850. The summed E-state index contributed by atoms with van der Waals surface area (Å²) in [7, 11) is 0. The van der Waals surface area contributed by atoms with E-state index in [1.165, 1.54) is 44.1 Å². The van der Waals surface area contributed by atoms with Crippen LogP contribution in [-0.2, 0) is 4.79 Å². The Balaban J connectivity index is 1.70. The van der Waals surface area contributed by atoms with E-state index in [0.29, 0.717) is 11.2 Å². The number of carbonyl (C=O) groups is 1. The summed E-state index contributed by atoms with van der Waals surface area (Å²) in [5.74, 6) is 3.02. The first kappa shape index (κ1) is 12.9. The lowest BCUT2D eigenvalue weighted by molar-refractivity contribution is -0.116. The summed E-state index contributed by atoms with van der Waals surface area (Å²) in [6.07, 6.45) is 11.9. The molecule has 4 aliphatic rings. The zero-order chi connectivity index (χ0) is 13.9. The fourth-order valence-electron chi connectivity index (χ4n) is 5.97. The first-order valence-electron chi connectivity index (χ1n) is 8.52. The Kier molecular flexibility index (Phi) is 2.78. The molecule has 4 atom stereocenters. The highest BCUT2D eigenvalue weighted by Crippen LogP contribution is 2.61. The second-order valence-corrected chi connectivity index (χ2v) is 7.85. The van der Waals surface area contributed by atoms with Gasteiger partial charge in [-0.1, -0.05) is 23.6 Å². The van der Waals surface area contributed by atoms with Crippen LogP contribution in [0.5, 0.6) is 0 Å². The summed E-state index contributed by atoms with van der Waals surface area (Å²) < 4.78 is 0. The number of hydrogen-bond donors (Lipinski definition) is 0. The van der Waals surface area contributed by atoms with E-state index in [9.17, 15) is 4.79 Å². The van der Waals surface area contributed by atoms with Gasteiger partial charge in [0.25, 0.3) is 0 Å². The third kappa shape index (κ3) is 1.64. The molecule has 0 radical (unpaired) electrons. The van der Waals surface area contributed by atoms with Crippen molar-refractivity contribution < 1.29 is 4.79 Å². The normalized spacial score (nSPS) is 43.8. The maximum Gasteiger partial charge on any atom is 0.155 e. The lowest BCUT2D eigenvalue weighted by Crippen LogP contribution is -2.45. The third-order valence-electron chi connectivity index (χ3n) is 7.11. The van der Waals surface area contributed by atoms with Crippen LogP contribution in [0.4, 0.5) is 0 Å². The summed E-state index contributed by atoms with van der Waals surface area (Å²) in [5.41, 5.74) is 5.38. The molecule has 0 aromatic carbocycles. The molecular weight excluding hydrogens is 244 g/mol. The average Bonchev–Trinajstić information content (AvgIpc) is 2.82. The predicted octanol–water partition coefficient (Wildman–Crippen LogP) is 4.83. The Labute approximate surface area is 122 Å². The van der Waals surface area contributed by atoms with Crippen LogP contribution in [0, 0.1) is 23.2 Å². The highest BCUT2D eigenvalue weighted by atomic mass is 16.1. The minimum Gasteiger partial charge on any atom is -0.295 e. The number of ketones is 1. The van der Waals surface area contributed by atoms with Gasteiger partial charge in [0.15, 0.2) is 5.78 Å². The fourth-order valence-corrected chi connectivity index (χ4v) is 5.97. The molecule has 2 saturated carbocycles. The van der Waals surface area contributed by atoms with E-state index < -0.39 is 0 Å². The van der Waals surface area contributed by atoms with E-state index in [4.69, 9.17) is 0 Å². The van der Waals surface area contributed by atoms with Crippen molar-refractivity contribution in [1.29, 1.82) is 0 Å². The molecule has 0 spiro atoms. The van der Waals surface area contributed by atoms with Gasteiger partial charge in [0.2, 0.25) is 0 Å². The van der Waals surface area contributed by atoms with E-state index in [1.807, 2.05) is 11.6 Å². The van der Waals surface area contributed by atoms with Gasteiger partial charge in [0.05, 0.1) is 0 Å². The van der Waals surface area contributed by atoms with Crippen LogP contribution in [0.15, 0.2) is 22.8 Å². The highest BCUT2D eigenvalue weighted by Gasteiger charge is 2.51. The minimum absolute atomic E-state index is 0.346. The standard InChI is InChI=1S/C19H26O/c1-12-3-5-16-15(12)7-8-18-17(16)6-4-13-11-14(20)9-10-19(13,18)2/h11,16-18H,3-10H2,1-2H3/t16-,17+,18+,19+/m0/s1. The number of rotatable bonds is 0. The number of fused-ring (bicyclic) bond motifs is 5. The molecule has 4 aliphatic carbocycles. The molecule has 0 aliphatic heterocycles. The second-order valence-electron chi connectivity index (χ2n) is 7.85. The van der Waals surface area contributed by atoms with Crippen LogP contribution in [-0.4, -0.2) is 5.78 Å². The van der Waals surface area contributed by atoms with Crippen molar-refractivity contribution in [1.82, 2.24) is 0 Å². The SMILES string of the molecule is CC1=C2CC[C@@H]3[C@H](CCC4=CC(=O)CC[C@]43C)[C@H]2CC1. The van der Waals surface area contributed by atoms with E-state index in [1.54, 1.807) is 5.57 Å². The van der Waals surface area contributed by atoms with Gasteiger partial charge in [0, 0.05) is 6.42 Å². The van der Waals surface area contributed by atoms with Gasteiger partial charge in [-0.2, -0.15) is 0 Å². The second kappa shape index (κ2) is 4.32. The Morgan fingerprint density at radius 2 is 1.95 bits per heavy atom. The Morgan fingerprint density at radius 1 is 1.10 bits per heavy atom. The van der Waals surface area contributed by atoms with Gasteiger partial charge >= 0.3 is 0 Å². The zero-order valence-corrected chi connectivity index (χ0v) is 12.9. The molecule has 0 aromatic heterocycles. The highest BCUT2D eigenvalue weighted by molar-refractivity contribution is 5.91. The number of allylic oxidation sites excluding steroid dienone is 4.